The highest BCUT2D eigenvalue weighted by molar-refractivity contribution is 6.74. The van der Waals surface area contributed by atoms with E-state index in [4.69, 9.17) is 9.16 Å². The van der Waals surface area contributed by atoms with Crippen LogP contribution in [0.4, 0.5) is 0 Å². The van der Waals surface area contributed by atoms with E-state index >= 15 is 0 Å². The van der Waals surface area contributed by atoms with E-state index < -0.39 is 8.32 Å². The first-order chi connectivity index (χ1) is 9.60. The summed E-state index contributed by atoms with van der Waals surface area (Å²) in [7, 11) is -1.73. The summed E-state index contributed by atoms with van der Waals surface area (Å²) in [6.07, 6.45) is 1.82. The summed E-state index contributed by atoms with van der Waals surface area (Å²) in [6.45, 7) is 15.5. The average molecular weight is 311 g/mol. The molecule has 0 saturated carbocycles. The van der Waals surface area contributed by atoms with Crippen LogP contribution in [0.25, 0.3) is 0 Å². The predicted octanol–water partition coefficient (Wildman–Crippen LogP) is 3.42. The number of esters is 1. The van der Waals surface area contributed by atoms with Gasteiger partial charge in [-0.25, -0.2) is 0 Å². The molecule has 0 aromatic heterocycles. The van der Waals surface area contributed by atoms with Crippen LogP contribution < -0.4 is 0 Å². The Labute approximate surface area is 130 Å². The second-order valence-electron chi connectivity index (χ2n) is 6.51. The minimum absolute atomic E-state index is 0.111. The van der Waals surface area contributed by atoms with Crippen LogP contribution in [0, 0.1) is 11.8 Å². The maximum absolute atomic E-state index is 11.2. The molecule has 4 nitrogen and oxygen atoms in total. The maximum Gasteiger partial charge on any atom is 0.307 e. The Morgan fingerprint density at radius 2 is 2.00 bits per heavy atom. The molecule has 120 valence electrons. The van der Waals surface area contributed by atoms with Crippen molar-refractivity contribution in [2.24, 2.45) is 4.99 Å². The van der Waals surface area contributed by atoms with Crippen molar-refractivity contribution in [2.75, 3.05) is 13.2 Å². The van der Waals surface area contributed by atoms with Gasteiger partial charge < -0.3 is 9.16 Å². The lowest BCUT2D eigenvalue weighted by Gasteiger charge is -2.35. The number of hydrogen-bond donors (Lipinski definition) is 0. The first kappa shape index (κ1) is 19.9. The molecule has 0 N–H and O–H groups in total. The molecule has 0 aromatic carbocycles. The van der Waals surface area contributed by atoms with Gasteiger partial charge in [0.1, 0.15) is 0 Å². The highest BCUT2D eigenvalue weighted by atomic mass is 28.4. The highest BCUT2D eigenvalue weighted by Gasteiger charge is 2.36. The molecule has 0 rings (SSSR count). The van der Waals surface area contributed by atoms with E-state index in [-0.39, 0.29) is 23.5 Å². The molecular formula is C16H29NO3Si. The van der Waals surface area contributed by atoms with E-state index in [1.54, 1.807) is 13.1 Å². The summed E-state index contributed by atoms with van der Waals surface area (Å²) in [5, 5.41) is 0.191. The summed E-state index contributed by atoms with van der Waals surface area (Å²) in [4.78, 5) is 15.4. The van der Waals surface area contributed by atoms with Crippen molar-refractivity contribution in [3.05, 3.63) is 0 Å². The van der Waals surface area contributed by atoms with E-state index in [0.29, 0.717) is 13.2 Å². The molecule has 0 amide bonds. The molecule has 0 aliphatic rings. The van der Waals surface area contributed by atoms with Gasteiger partial charge in [-0.3, -0.25) is 9.79 Å². The molecule has 21 heavy (non-hydrogen) atoms. The number of aliphatic imine (C=N–C) groups is 1. The molecule has 0 aromatic rings. The van der Waals surface area contributed by atoms with E-state index in [1.165, 1.54) is 0 Å². The molecule has 0 bridgehead atoms. The van der Waals surface area contributed by atoms with Crippen molar-refractivity contribution in [1.82, 2.24) is 0 Å². The van der Waals surface area contributed by atoms with Gasteiger partial charge in [0.05, 0.1) is 31.9 Å². The van der Waals surface area contributed by atoms with Gasteiger partial charge in [-0.1, -0.05) is 32.6 Å². The quantitative estimate of drug-likeness (QED) is 0.327. The second kappa shape index (κ2) is 9.01. The number of ether oxygens (including phenoxy) is 1. The van der Waals surface area contributed by atoms with Gasteiger partial charge in [-0.2, -0.15) is 0 Å². The number of nitrogens with zero attached hydrogens (tertiary/aromatic N) is 1. The van der Waals surface area contributed by atoms with Crippen molar-refractivity contribution in [2.45, 2.75) is 65.2 Å². The molecule has 0 fully saturated rings. The van der Waals surface area contributed by atoms with Crippen molar-refractivity contribution in [3.63, 3.8) is 0 Å². The first-order valence-electron chi connectivity index (χ1n) is 7.39. The van der Waals surface area contributed by atoms with Gasteiger partial charge in [0.15, 0.2) is 8.32 Å². The second-order valence-corrected chi connectivity index (χ2v) is 11.3. The predicted molar refractivity (Wildman–Crippen MR) is 90.1 cm³/mol. The van der Waals surface area contributed by atoms with Gasteiger partial charge in [-0.15, -0.1) is 0 Å². The highest BCUT2D eigenvalue weighted by Crippen LogP contribution is 2.36. The lowest BCUT2D eigenvalue weighted by Crippen LogP contribution is -2.40. The zero-order valence-corrected chi connectivity index (χ0v) is 15.4. The third-order valence-electron chi connectivity index (χ3n) is 3.57. The number of hydrogen-bond acceptors (Lipinski definition) is 4. The average Bonchev–Trinajstić information content (AvgIpc) is 2.32. The molecule has 0 aliphatic carbocycles. The van der Waals surface area contributed by atoms with Crippen molar-refractivity contribution >= 4 is 20.5 Å². The van der Waals surface area contributed by atoms with Crippen LogP contribution in [0.3, 0.4) is 0 Å². The first-order valence-corrected chi connectivity index (χ1v) is 10.3. The molecular weight excluding hydrogens is 282 g/mol. The van der Waals surface area contributed by atoms with Gasteiger partial charge in [0.2, 0.25) is 0 Å². The zero-order chi connectivity index (χ0) is 16.5. The van der Waals surface area contributed by atoms with Gasteiger partial charge in [-0.05, 0) is 32.0 Å². The van der Waals surface area contributed by atoms with Crippen LogP contribution in [0.1, 0.15) is 41.0 Å². The fourth-order valence-corrected chi connectivity index (χ4v) is 2.06. The summed E-state index contributed by atoms with van der Waals surface area (Å²) in [5.74, 6) is 5.57. The number of carbonyl (C=O) groups excluding carboxylic acids is 1. The minimum Gasteiger partial charge on any atom is -0.466 e. The largest absolute Gasteiger partial charge is 0.466 e. The van der Waals surface area contributed by atoms with E-state index in [1.807, 2.05) is 6.92 Å². The Morgan fingerprint density at radius 1 is 1.38 bits per heavy atom. The Morgan fingerprint density at radius 3 is 2.52 bits per heavy atom. The van der Waals surface area contributed by atoms with Crippen LogP contribution in [-0.4, -0.2) is 39.8 Å². The van der Waals surface area contributed by atoms with Gasteiger partial charge >= 0.3 is 5.97 Å². The normalized spacial score (nSPS) is 13.7. The van der Waals surface area contributed by atoms with Gasteiger partial charge in [0.25, 0.3) is 0 Å². The monoisotopic (exact) mass is 311 g/mol. The number of carbonyl (C=O) groups is 1. The molecule has 1 unspecified atom stereocenters. The molecule has 0 spiro atoms. The van der Waals surface area contributed by atoms with Crippen LogP contribution in [0.15, 0.2) is 4.99 Å². The third kappa shape index (κ3) is 8.69. The van der Waals surface area contributed by atoms with Crippen LogP contribution in [0.5, 0.6) is 0 Å². The zero-order valence-electron chi connectivity index (χ0n) is 14.4. The minimum atomic E-state index is -1.73. The molecule has 0 heterocycles. The lowest BCUT2D eigenvalue weighted by atomic mass is 10.2. The van der Waals surface area contributed by atoms with E-state index in [2.05, 4.69) is 50.7 Å². The standard InChI is InChI=1S/C16H29NO3Si/c1-8-19-15(18)13-14(2)17-11-9-10-12-20-21(6,7)16(3,4)5/h11,14H,8,12-13H2,1-7H3. The summed E-state index contributed by atoms with van der Waals surface area (Å²) < 4.78 is 10.8. The third-order valence-corrected chi connectivity index (χ3v) is 8.05. The van der Waals surface area contributed by atoms with Crippen LogP contribution >= 0.6 is 0 Å². The van der Waals surface area contributed by atoms with Crippen LogP contribution in [0.2, 0.25) is 18.1 Å². The fraction of sp³-hybridized carbons (Fsp3) is 0.750. The summed E-state index contributed by atoms with van der Waals surface area (Å²) in [6, 6.07) is -0.111. The molecule has 0 radical (unpaired) electrons. The molecule has 5 heteroatoms. The Balaban J connectivity index is 4.14. The Bertz CT molecular complexity index is 413. The molecule has 0 saturated heterocycles. The van der Waals surface area contributed by atoms with E-state index in [0.717, 1.165) is 0 Å². The molecule has 0 aliphatic heterocycles. The fourth-order valence-electron chi connectivity index (χ4n) is 1.20. The Kier molecular flexibility index (Phi) is 8.53. The Hall–Kier alpha value is -1.12. The van der Waals surface area contributed by atoms with Crippen molar-refractivity contribution < 1.29 is 14.0 Å². The smallest absolute Gasteiger partial charge is 0.307 e. The van der Waals surface area contributed by atoms with Crippen molar-refractivity contribution in [3.8, 4) is 11.8 Å². The maximum atomic E-state index is 11.2. The van der Waals surface area contributed by atoms with E-state index in [9.17, 15) is 4.79 Å². The SMILES string of the molecule is CCOC(=O)CC(C)N=CC#CCO[Si](C)(C)C(C)(C)C. The summed E-state index contributed by atoms with van der Waals surface area (Å²) >= 11 is 0. The number of rotatable bonds is 6. The van der Waals surface area contributed by atoms with Gasteiger partial charge in [0, 0.05) is 0 Å². The summed E-state index contributed by atoms with van der Waals surface area (Å²) in [5.41, 5.74) is 0. The topological polar surface area (TPSA) is 47.9 Å². The molecule has 1 atom stereocenters. The lowest BCUT2D eigenvalue weighted by molar-refractivity contribution is -0.143. The van der Waals surface area contributed by atoms with Crippen LogP contribution in [-0.2, 0) is 14.0 Å². The van der Waals surface area contributed by atoms with Crippen molar-refractivity contribution in [1.29, 1.82) is 0 Å².